The molecule has 2 aliphatic carbocycles. The molecule has 0 aliphatic heterocycles. The average molecular weight is 209 g/mol. The van der Waals surface area contributed by atoms with Crippen molar-refractivity contribution in [2.45, 2.75) is 58.3 Å². The molecule has 0 amide bonds. The Bertz CT molecular complexity index is 158. The molecule has 1 heteroatoms. The summed E-state index contributed by atoms with van der Waals surface area (Å²) in [4.78, 5) is 0. The summed E-state index contributed by atoms with van der Waals surface area (Å²) in [6.45, 7) is 4.86. The van der Waals surface area contributed by atoms with E-state index in [4.69, 9.17) is 0 Å². The summed E-state index contributed by atoms with van der Waals surface area (Å²) in [5.41, 5.74) is 0. The summed E-state index contributed by atoms with van der Waals surface area (Å²) in [6.07, 6.45) is 11.7. The van der Waals surface area contributed by atoms with Crippen LogP contribution in [0.5, 0.6) is 0 Å². The van der Waals surface area contributed by atoms with Crippen LogP contribution in [0, 0.1) is 17.8 Å². The number of nitrogens with one attached hydrogen (secondary N) is 1. The van der Waals surface area contributed by atoms with Crippen molar-refractivity contribution in [3.63, 3.8) is 0 Å². The second-order valence-corrected chi connectivity index (χ2v) is 5.60. The molecule has 0 radical (unpaired) electrons. The van der Waals surface area contributed by atoms with Crippen molar-refractivity contribution in [3.05, 3.63) is 0 Å². The van der Waals surface area contributed by atoms with Crippen LogP contribution in [0.4, 0.5) is 0 Å². The Morgan fingerprint density at radius 2 is 1.67 bits per heavy atom. The van der Waals surface area contributed by atoms with Crippen LogP contribution >= 0.6 is 0 Å². The molecular weight excluding hydrogens is 182 g/mol. The molecule has 0 aromatic heterocycles. The SMILES string of the molecule is CCCCCCNCC(C1CC1)C1CC1. The molecule has 0 saturated heterocycles. The van der Waals surface area contributed by atoms with Crippen LogP contribution in [0.15, 0.2) is 0 Å². The van der Waals surface area contributed by atoms with Gasteiger partial charge in [0, 0.05) is 0 Å². The van der Waals surface area contributed by atoms with Gasteiger partial charge < -0.3 is 5.32 Å². The number of hydrogen-bond acceptors (Lipinski definition) is 1. The minimum atomic E-state index is 1.05. The van der Waals surface area contributed by atoms with E-state index in [9.17, 15) is 0 Å². The highest BCUT2D eigenvalue weighted by Crippen LogP contribution is 2.48. The van der Waals surface area contributed by atoms with Crippen LogP contribution in [0.25, 0.3) is 0 Å². The molecule has 2 rings (SSSR count). The highest BCUT2D eigenvalue weighted by atomic mass is 14.9. The number of rotatable bonds is 9. The van der Waals surface area contributed by atoms with Crippen LogP contribution in [-0.2, 0) is 0 Å². The molecule has 0 aromatic carbocycles. The second-order valence-electron chi connectivity index (χ2n) is 5.60. The smallest absolute Gasteiger partial charge is 0.00152 e. The van der Waals surface area contributed by atoms with Gasteiger partial charge in [-0.05, 0) is 62.9 Å². The molecule has 0 unspecified atom stereocenters. The van der Waals surface area contributed by atoms with Crippen LogP contribution in [0.1, 0.15) is 58.3 Å². The maximum Gasteiger partial charge on any atom is -0.00152 e. The Balaban J connectivity index is 1.48. The predicted molar refractivity (Wildman–Crippen MR) is 65.9 cm³/mol. The van der Waals surface area contributed by atoms with E-state index in [0.29, 0.717) is 0 Å². The second kappa shape index (κ2) is 5.89. The summed E-state index contributed by atoms with van der Waals surface area (Å²) in [6, 6.07) is 0. The Kier molecular flexibility index (Phi) is 4.49. The summed E-state index contributed by atoms with van der Waals surface area (Å²) in [7, 11) is 0. The predicted octanol–water partition coefficient (Wildman–Crippen LogP) is 3.59. The van der Waals surface area contributed by atoms with Crippen LogP contribution in [0.2, 0.25) is 0 Å². The molecule has 0 bridgehead atoms. The third-order valence-electron chi connectivity index (χ3n) is 4.04. The van der Waals surface area contributed by atoms with Gasteiger partial charge in [-0.2, -0.15) is 0 Å². The maximum absolute atomic E-state index is 3.69. The van der Waals surface area contributed by atoms with E-state index in [0.717, 1.165) is 17.8 Å². The lowest BCUT2D eigenvalue weighted by atomic mass is 9.98. The minimum absolute atomic E-state index is 1.05. The molecule has 2 saturated carbocycles. The molecule has 88 valence electrons. The van der Waals surface area contributed by atoms with Gasteiger partial charge in [0.05, 0.1) is 0 Å². The Labute approximate surface area is 95.0 Å². The van der Waals surface area contributed by atoms with Crippen molar-refractivity contribution in [3.8, 4) is 0 Å². The average Bonchev–Trinajstić information content (AvgIpc) is 3.09. The number of hydrogen-bond donors (Lipinski definition) is 1. The van der Waals surface area contributed by atoms with Crippen LogP contribution in [-0.4, -0.2) is 13.1 Å². The zero-order chi connectivity index (χ0) is 10.5. The third-order valence-corrected chi connectivity index (χ3v) is 4.04. The van der Waals surface area contributed by atoms with Crippen LogP contribution < -0.4 is 5.32 Å². The van der Waals surface area contributed by atoms with E-state index in [2.05, 4.69) is 12.2 Å². The zero-order valence-corrected chi connectivity index (χ0v) is 10.3. The largest absolute Gasteiger partial charge is 0.316 e. The van der Waals surface area contributed by atoms with Gasteiger partial charge in [-0.3, -0.25) is 0 Å². The van der Waals surface area contributed by atoms with E-state index in [1.54, 1.807) is 0 Å². The molecule has 0 heterocycles. The normalized spacial score (nSPS) is 21.2. The summed E-state index contributed by atoms with van der Waals surface area (Å²) >= 11 is 0. The van der Waals surface area contributed by atoms with Gasteiger partial charge in [-0.25, -0.2) is 0 Å². The minimum Gasteiger partial charge on any atom is -0.316 e. The Hall–Kier alpha value is -0.0400. The lowest BCUT2D eigenvalue weighted by molar-refractivity contribution is 0.377. The Morgan fingerprint density at radius 3 is 2.20 bits per heavy atom. The standard InChI is InChI=1S/C14H27N/c1-2-3-4-5-10-15-11-14(12-6-7-12)13-8-9-13/h12-15H,2-11H2,1H3. The summed E-state index contributed by atoms with van der Waals surface area (Å²) in [5, 5.41) is 3.69. The van der Waals surface area contributed by atoms with Gasteiger partial charge in [0.1, 0.15) is 0 Å². The fraction of sp³-hybridized carbons (Fsp3) is 1.00. The van der Waals surface area contributed by atoms with E-state index in [1.807, 2.05) is 0 Å². The van der Waals surface area contributed by atoms with E-state index < -0.39 is 0 Å². The van der Waals surface area contributed by atoms with E-state index >= 15 is 0 Å². The highest BCUT2D eigenvalue weighted by molar-refractivity contribution is 4.92. The summed E-state index contributed by atoms with van der Waals surface area (Å²) in [5.74, 6) is 3.28. The first-order valence-electron chi connectivity index (χ1n) is 7.12. The summed E-state index contributed by atoms with van der Waals surface area (Å²) < 4.78 is 0. The molecule has 1 nitrogen and oxygen atoms in total. The topological polar surface area (TPSA) is 12.0 Å². The van der Waals surface area contributed by atoms with E-state index in [1.165, 1.54) is 64.5 Å². The third kappa shape index (κ3) is 4.14. The lowest BCUT2D eigenvalue weighted by Gasteiger charge is -2.16. The van der Waals surface area contributed by atoms with Crippen molar-refractivity contribution in [2.75, 3.05) is 13.1 Å². The monoisotopic (exact) mass is 209 g/mol. The molecule has 2 aliphatic rings. The van der Waals surface area contributed by atoms with Gasteiger partial charge in [-0.15, -0.1) is 0 Å². The van der Waals surface area contributed by atoms with Crippen molar-refractivity contribution in [1.82, 2.24) is 5.32 Å². The molecule has 1 N–H and O–H groups in total. The van der Waals surface area contributed by atoms with Crippen molar-refractivity contribution in [1.29, 1.82) is 0 Å². The van der Waals surface area contributed by atoms with E-state index in [-0.39, 0.29) is 0 Å². The van der Waals surface area contributed by atoms with Gasteiger partial charge in [0.2, 0.25) is 0 Å². The van der Waals surface area contributed by atoms with Gasteiger partial charge in [0.25, 0.3) is 0 Å². The molecule has 0 aromatic rings. The first-order chi connectivity index (χ1) is 7.42. The maximum atomic E-state index is 3.69. The Morgan fingerprint density at radius 1 is 1.00 bits per heavy atom. The fourth-order valence-corrected chi connectivity index (χ4v) is 2.71. The first kappa shape index (κ1) is 11.4. The number of unbranched alkanes of at least 4 members (excludes halogenated alkanes) is 3. The highest BCUT2D eigenvalue weighted by Gasteiger charge is 2.40. The molecule has 15 heavy (non-hydrogen) atoms. The van der Waals surface area contributed by atoms with Gasteiger partial charge >= 0.3 is 0 Å². The molecule has 0 atom stereocenters. The molecule has 2 fully saturated rings. The van der Waals surface area contributed by atoms with Crippen molar-refractivity contribution >= 4 is 0 Å². The van der Waals surface area contributed by atoms with Crippen LogP contribution in [0.3, 0.4) is 0 Å². The van der Waals surface area contributed by atoms with Crippen molar-refractivity contribution in [2.24, 2.45) is 17.8 Å². The van der Waals surface area contributed by atoms with Gasteiger partial charge in [-0.1, -0.05) is 26.2 Å². The molecule has 0 spiro atoms. The zero-order valence-electron chi connectivity index (χ0n) is 10.3. The quantitative estimate of drug-likeness (QED) is 0.572. The molecular formula is C14H27N. The van der Waals surface area contributed by atoms with Gasteiger partial charge in [0.15, 0.2) is 0 Å². The first-order valence-corrected chi connectivity index (χ1v) is 7.12. The van der Waals surface area contributed by atoms with Crippen molar-refractivity contribution < 1.29 is 0 Å². The fourth-order valence-electron chi connectivity index (χ4n) is 2.71. The lowest BCUT2D eigenvalue weighted by Crippen LogP contribution is -2.26.